The van der Waals surface area contributed by atoms with Gasteiger partial charge in [-0.3, -0.25) is 15.0 Å². The number of nitrogens with zero attached hydrogens (tertiary/aromatic N) is 4. The predicted molar refractivity (Wildman–Crippen MR) is 140 cm³/mol. The number of hydrogen-bond donors (Lipinski definition) is 4. The summed E-state index contributed by atoms with van der Waals surface area (Å²) in [7, 11) is 1.76. The van der Waals surface area contributed by atoms with Gasteiger partial charge in [-0.05, 0) is 49.8 Å². The molecule has 1 saturated heterocycles. The van der Waals surface area contributed by atoms with Crippen molar-refractivity contribution in [2.24, 2.45) is 11.8 Å². The van der Waals surface area contributed by atoms with Crippen molar-refractivity contribution in [1.29, 1.82) is 10.7 Å². The molecule has 190 valence electrons. The van der Waals surface area contributed by atoms with Gasteiger partial charge in [0.25, 0.3) is 5.91 Å². The van der Waals surface area contributed by atoms with Gasteiger partial charge in [0.05, 0.1) is 23.5 Å². The summed E-state index contributed by atoms with van der Waals surface area (Å²) in [6.07, 6.45) is 6.08. The van der Waals surface area contributed by atoms with Gasteiger partial charge >= 0.3 is 0 Å². The van der Waals surface area contributed by atoms with Crippen molar-refractivity contribution < 1.29 is 9.59 Å². The zero-order chi connectivity index (χ0) is 26.1. The minimum Gasteiger partial charge on any atom is -0.388 e. The fourth-order valence-corrected chi connectivity index (χ4v) is 4.89. The van der Waals surface area contributed by atoms with E-state index in [-0.39, 0.29) is 34.7 Å². The van der Waals surface area contributed by atoms with Crippen molar-refractivity contribution in [2.75, 3.05) is 25.5 Å². The lowest BCUT2D eigenvalue weighted by Crippen LogP contribution is -2.51. The summed E-state index contributed by atoms with van der Waals surface area (Å²) in [5.41, 5.74) is 2.67. The van der Waals surface area contributed by atoms with E-state index in [4.69, 9.17) is 22.3 Å². The fraction of sp³-hybridized carbons (Fsp3) is 0.385. The Morgan fingerprint density at radius 2 is 2.00 bits per heavy atom. The third-order valence-corrected chi connectivity index (χ3v) is 7.27. The monoisotopic (exact) mass is 518 g/mol. The molecule has 1 aliphatic carbocycles. The number of fused-ring (bicyclic) bond motifs is 1. The van der Waals surface area contributed by atoms with Crippen molar-refractivity contribution in [1.82, 2.24) is 25.2 Å². The van der Waals surface area contributed by atoms with E-state index in [2.05, 4.69) is 31.7 Å². The Labute approximate surface area is 218 Å². The van der Waals surface area contributed by atoms with Crippen LogP contribution >= 0.6 is 11.6 Å². The first-order valence-corrected chi connectivity index (χ1v) is 12.7. The Morgan fingerprint density at radius 3 is 2.68 bits per heavy atom. The van der Waals surface area contributed by atoms with Crippen LogP contribution in [0.25, 0.3) is 11.2 Å². The Balaban J connectivity index is 1.38. The molecule has 1 aliphatic heterocycles. The van der Waals surface area contributed by atoms with Crippen LogP contribution in [0.2, 0.25) is 5.02 Å². The number of nitrogens with one attached hydrogen (secondary N) is 4. The van der Waals surface area contributed by atoms with E-state index < -0.39 is 11.9 Å². The molecule has 3 aromatic rings. The molecule has 1 saturated carbocycles. The van der Waals surface area contributed by atoms with Crippen LogP contribution in [0.3, 0.4) is 0 Å². The number of aromatic amines is 1. The molecule has 0 spiro atoms. The summed E-state index contributed by atoms with van der Waals surface area (Å²) in [5.74, 6) is -0.430. The number of hydrogen-bond acceptors (Lipinski definition) is 7. The largest absolute Gasteiger partial charge is 0.388 e. The molecule has 10 nitrogen and oxygen atoms in total. The summed E-state index contributed by atoms with van der Waals surface area (Å²) in [6.45, 7) is 1.05. The number of H-pyrrole nitrogens is 1. The Morgan fingerprint density at radius 1 is 1.24 bits per heavy atom. The Bertz CT molecular complexity index is 1420. The van der Waals surface area contributed by atoms with E-state index in [0.29, 0.717) is 53.4 Å². The number of carbonyl (C=O) groups excluding carboxylic acids is 2. The number of benzene rings is 1. The van der Waals surface area contributed by atoms with Gasteiger partial charge in [0.2, 0.25) is 5.91 Å². The zero-order valence-corrected chi connectivity index (χ0v) is 21.1. The summed E-state index contributed by atoms with van der Waals surface area (Å²) in [5, 5.41) is 24.3. The van der Waals surface area contributed by atoms with Gasteiger partial charge in [0.15, 0.2) is 5.65 Å². The average Bonchev–Trinajstić information content (AvgIpc) is 3.68. The highest BCUT2D eigenvalue weighted by Crippen LogP contribution is 2.34. The van der Waals surface area contributed by atoms with Gasteiger partial charge in [0, 0.05) is 48.5 Å². The molecule has 37 heavy (non-hydrogen) atoms. The second-order valence-electron chi connectivity index (χ2n) is 9.49. The van der Waals surface area contributed by atoms with Crippen LogP contribution in [0, 0.1) is 28.6 Å². The lowest BCUT2D eigenvalue weighted by molar-refractivity contribution is -0.135. The van der Waals surface area contributed by atoms with Crippen LogP contribution in [0.5, 0.6) is 0 Å². The molecule has 2 amide bonds. The van der Waals surface area contributed by atoms with E-state index in [0.717, 1.165) is 12.8 Å². The molecule has 5 rings (SSSR count). The van der Waals surface area contributed by atoms with E-state index in [9.17, 15) is 9.59 Å². The minimum atomic E-state index is -0.616. The number of aromatic nitrogens is 3. The van der Waals surface area contributed by atoms with Crippen LogP contribution in [0.1, 0.15) is 47.3 Å². The third-order valence-electron chi connectivity index (χ3n) is 7.04. The number of piperidine rings is 1. The van der Waals surface area contributed by atoms with Crippen LogP contribution in [-0.4, -0.2) is 63.6 Å². The molecule has 2 fully saturated rings. The summed E-state index contributed by atoms with van der Waals surface area (Å²) >= 11 is 6.16. The lowest BCUT2D eigenvalue weighted by Gasteiger charge is -2.32. The number of nitriles is 1. The standard InChI is InChI=1S/C26H27ClN8O2/c1-30-19-5-4-16(27)10-17(19)21(29)20-13-32-24-23(33-20)18(12-31-24)25(36)34-22(15-2-3-15)26(37)35-8-6-14(11-28)7-9-35/h4-5,10,12-15,22,29-30H,2-3,6-9H2,1H3,(H,31,32)(H,34,36)/t22-/m1/s1. The van der Waals surface area contributed by atoms with Gasteiger partial charge < -0.3 is 20.5 Å². The first-order chi connectivity index (χ1) is 17.9. The zero-order valence-electron chi connectivity index (χ0n) is 20.3. The van der Waals surface area contributed by atoms with Gasteiger partial charge in [-0.25, -0.2) is 9.97 Å². The highest BCUT2D eigenvalue weighted by molar-refractivity contribution is 6.31. The molecule has 1 aromatic carbocycles. The lowest BCUT2D eigenvalue weighted by atomic mass is 9.97. The van der Waals surface area contributed by atoms with Gasteiger partial charge in [-0.15, -0.1) is 0 Å². The molecule has 3 heterocycles. The number of amides is 2. The van der Waals surface area contributed by atoms with Crippen LogP contribution in [0.4, 0.5) is 5.69 Å². The molecule has 11 heteroatoms. The van der Waals surface area contributed by atoms with Crippen LogP contribution < -0.4 is 10.6 Å². The van der Waals surface area contributed by atoms with Crippen molar-refractivity contribution in [2.45, 2.75) is 31.7 Å². The van der Waals surface area contributed by atoms with E-state index in [1.165, 1.54) is 12.4 Å². The molecule has 0 radical (unpaired) electrons. The van der Waals surface area contributed by atoms with E-state index >= 15 is 0 Å². The number of rotatable bonds is 7. The second-order valence-corrected chi connectivity index (χ2v) is 9.92. The van der Waals surface area contributed by atoms with Crippen molar-refractivity contribution >= 4 is 46.0 Å². The van der Waals surface area contributed by atoms with Crippen LogP contribution in [-0.2, 0) is 4.79 Å². The van der Waals surface area contributed by atoms with Crippen molar-refractivity contribution in [3.05, 3.63) is 52.4 Å². The predicted octanol–water partition coefficient (Wildman–Crippen LogP) is 3.34. The van der Waals surface area contributed by atoms with Crippen molar-refractivity contribution in [3.8, 4) is 6.07 Å². The quantitative estimate of drug-likeness (QED) is 0.352. The summed E-state index contributed by atoms with van der Waals surface area (Å²) in [6, 6.07) is 6.86. The molecule has 1 atom stereocenters. The number of likely N-dealkylation sites (tertiary alicyclic amines) is 1. The maximum absolute atomic E-state index is 13.4. The SMILES string of the molecule is CNc1ccc(Cl)cc1C(=N)c1cnc2[nH]cc(C(=O)N[C@@H](C(=O)N3CCC(C#N)CC3)C3CC3)c2n1. The number of halogens is 1. The molecule has 0 bridgehead atoms. The third kappa shape index (κ3) is 5.00. The molecule has 2 aliphatic rings. The van der Waals surface area contributed by atoms with Crippen LogP contribution in [0.15, 0.2) is 30.6 Å². The average molecular weight is 519 g/mol. The van der Waals surface area contributed by atoms with Gasteiger partial charge in [-0.2, -0.15) is 5.26 Å². The fourth-order valence-electron chi connectivity index (χ4n) is 4.72. The molecule has 4 N–H and O–H groups in total. The topological polar surface area (TPSA) is 151 Å². The summed E-state index contributed by atoms with van der Waals surface area (Å²) < 4.78 is 0. The first kappa shape index (κ1) is 24.7. The molecular formula is C26H27ClN8O2. The molecule has 2 aromatic heterocycles. The van der Waals surface area contributed by atoms with Gasteiger partial charge in [0.1, 0.15) is 17.3 Å². The minimum absolute atomic E-state index is 0.0214. The summed E-state index contributed by atoms with van der Waals surface area (Å²) in [4.78, 5) is 40.3. The number of carbonyl (C=O) groups is 2. The highest BCUT2D eigenvalue weighted by Gasteiger charge is 2.40. The smallest absolute Gasteiger partial charge is 0.255 e. The first-order valence-electron chi connectivity index (χ1n) is 12.3. The van der Waals surface area contributed by atoms with E-state index in [1.54, 1.807) is 30.1 Å². The van der Waals surface area contributed by atoms with Gasteiger partial charge in [-0.1, -0.05) is 11.6 Å². The Hall–Kier alpha value is -3.97. The Kier molecular flexibility index (Phi) is 6.80. The maximum atomic E-state index is 13.4. The highest BCUT2D eigenvalue weighted by atomic mass is 35.5. The number of anilines is 1. The van der Waals surface area contributed by atoms with E-state index in [1.807, 2.05) is 0 Å². The molecule has 0 unspecified atom stereocenters. The molecular weight excluding hydrogens is 492 g/mol. The normalized spacial score (nSPS) is 16.7. The second kappa shape index (κ2) is 10.2. The maximum Gasteiger partial charge on any atom is 0.255 e. The van der Waals surface area contributed by atoms with Crippen molar-refractivity contribution in [3.63, 3.8) is 0 Å².